The molecule has 0 fully saturated rings. The lowest BCUT2D eigenvalue weighted by Gasteiger charge is -2.17. The highest BCUT2D eigenvalue weighted by molar-refractivity contribution is 6.54. The Morgan fingerprint density at radius 1 is 1.59 bits per heavy atom. The van der Waals surface area contributed by atoms with Gasteiger partial charge in [-0.15, -0.1) is 0 Å². The Kier molecular flexibility index (Phi) is 4.83. The maximum Gasteiger partial charge on any atom is 0.491 e. The summed E-state index contributed by atoms with van der Waals surface area (Å²) in [6, 6.07) is 0. The zero-order valence-corrected chi connectivity index (χ0v) is 10.5. The minimum Gasteiger partial charge on any atom is -0.423 e. The fraction of sp³-hybridized carbons (Fsp3) is 0.692. The lowest BCUT2D eigenvalue weighted by atomic mass is 9.76. The van der Waals surface area contributed by atoms with Crippen molar-refractivity contribution in [1.29, 1.82) is 0 Å². The minimum atomic E-state index is -0.700. The Bertz CT molecular complexity index is 312. The van der Waals surface area contributed by atoms with Crippen LogP contribution in [0.5, 0.6) is 0 Å². The van der Waals surface area contributed by atoms with Crippen LogP contribution < -0.4 is 0 Å². The predicted octanol–water partition coefficient (Wildman–Crippen LogP) is 2.12. The van der Waals surface area contributed by atoms with Crippen molar-refractivity contribution in [3.05, 3.63) is 23.2 Å². The van der Waals surface area contributed by atoms with E-state index < -0.39 is 7.12 Å². The first kappa shape index (κ1) is 12.9. The summed E-state index contributed by atoms with van der Waals surface area (Å²) in [5.41, 5.74) is 2.24. The molecule has 0 saturated carbocycles. The molecule has 0 radical (unpaired) electrons. The lowest BCUT2D eigenvalue weighted by Crippen LogP contribution is -2.15. The molecule has 0 saturated heterocycles. The lowest BCUT2D eigenvalue weighted by molar-refractivity contribution is 0.0973. The number of hydrogen-bond donors (Lipinski definition) is 1. The van der Waals surface area contributed by atoms with Crippen molar-refractivity contribution < 1.29 is 14.4 Å². The summed E-state index contributed by atoms with van der Waals surface area (Å²) in [5, 5.41) is 9.62. The van der Waals surface area contributed by atoms with Crippen molar-refractivity contribution >= 4 is 7.12 Å². The Morgan fingerprint density at radius 2 is 2.47 bits per heavy atom. The van der Waals surface area contributed by atoms with Crippen LogP contribution in [0.3, 0.4) is 0 Å². The normalized spacial score (nSPS) is 26.7. The molecule has 0 bridgehead atoms. The highest BCUT2D eigenvalue weighted by Gasteiger charge is 2.29. The molecule has 1 N–H and O–H groups in total. The van der Waals surface area contributed by atoms with Crippen LogP contribution in [-0.2, 0) is 9.39 Å². The molecule has 4 heteroatoms. The standard InChI is InChI=1S/C13H21BO3/c1-2-8-16-9-11-4-3-5-13-12(7-6-11)10-17-14(13)15/h3,5,11,15H,2,4,6-10H2,1H3/b5-3-. The molecule has 94 valence electrons. The summed E-state index contributed by atoms with van der Waals surface area (Å²) >= 11 is 0. The number of hydrogen-bond acceptors (Lipinski definition) is 3. The van der Waals surface area contributed by atoms with Crippen molar-refractivity contribution in [2.45, 2.75) is 32.6 Å². The van der Waals surface area contributed by atoms with E-state index in [0.717, 1.165) is 44.4 Å². The molecule has 1 aliphatic carbocycles. The molecule has 2 rings (SSSR count). The van der Waals surface area contributed by atoms with Gasteiger partial charge in [0.15, 0.2) is 0 Å². The number of allylic oxidation sites excluding steroid dienone is 3. The van der Waals surface area contributed by atoms with Gasteiger partial charge in [-0.2, -0.15) is 0 Å². The molecule has 1 atom stereocenters. The van der Waals surface area contributed by atoms with Gasteiger partial charge in [0.2, 0.25) is 0 Å². The molecule has 0 spiro atoms. The third kappa shape index (κ3) is 3.44. The maximum absolute atomic E-state index is 9.62. The Hall–Kier alpha value is -0.575. The van der Waals surface area contributed by atoms with Crippen LogP contribution >= 0.6 is 0 Å². The van der Waals surface area contributed by atoms with Gasteiger partial charge in [0.05, 0.1) is 6.61 Å². The largest absolute Gasteiger partial charge is 0.491 e. The van der Waals surface area contributed by atoms with E-state index >= 15 is 0 Å². The summed E-state index contributed by atoms with van der Waals surface area (Å²) < 4.78 is 10.9. The van der Waals surface area contributed by atoms with E-state index in [1.165, 1.54) is 5.57 Å². The van der Waals surface area contributed by atoms with E-state index in [-0.39, 0.29) is 0 Å². The molecule has 0 aromatic carbocycles. The molecule has 3 nitrogen and oxygen atoms in total. The monoisotopic (exact) mass is 236 g/mol. The van der Waals surface area contributed by atoms with E-state index in [9.17, 15) is 5.02 Å². The fourth-order valence-electron chi connectivity index (χ4n) is 2.37. The second-order valence-corrected chi connectivity index (χ2v) is 4.84. The van der Waals surface area contributed by atoms with E-state index in [1.54, 1.807) is 0 Å². The molecule has 1 heterocycles. The van der Waals surface area contributed by atoms with Gasteiger partial charge in [-0.1, -0.05) is 19.1 Å². The molecule has 0 aromatic heterocycles. The highest BCUT2D eigenvalue weighted by atomic mass is 16.5. The topological polar surface area (TPSA) is 38.7 Å². The summed E-state index contributed by atoms with van der Waals surface area (Å²) in [7, 11) is -0.700. The Labute approximate surface area is 104 Å². The van der Waals surface area contributed by atoms with E-state index in [1.807, 2.05) is 6.08 Å². The fourth-order valence-corrected chi connectivity index (χ4v) is 2.37. The average Bonchev–Trinajstić information content (AvgIpc) is 2.63. The van der Waals surface area contributed by atoms with Crippen molar-refractivity contribution in [2.75, 3.05) is 19.8 Å². The first-order valence-corrected chi connectivity index (χ1v) is 6.57. The predicted molar refractivity (Wildman–Crippen MR) is 68.5 cm³/mol. The second kappa shape index (κ2) is 6.38. The van der Waals surface area contributed by atoms with Crippen LogP contribution in [0.1, 0.15) is 32.6 Å². The maximum atomic E-state index is 9.62. The van der Waals surface area contributed by atoms with E-state index in [4.69, 9.17) is 9.39 Å². The Balaban J connectivity index is 1.87. The van der Waals surface area contributed by atoms with Crippen molar-refractivity contribution in [2.24, 2.45) is 5.92 Å². The molecule has 1 unspecified atom stereocenters. The number of rotatable bonds is 4. The van der Waals surface area contributed by atoms with Gasteiger partial charge in [0.1, 0.15) is 0 Å². The van der Waals surface area contributed by atoms with Crippen LogP contribution in [-0.4, -0.2) is 32.0 Å². The third-order valence-electron chi connectivity index (χ3n) is 3.41. The molecule has 17 heavy (non-hydrogen) atoms. The van der Waals surface area contributed by atoms with Gasteiger partial charge in [0.25, 0.3) is 0 Å². The van der Waals surface area contributed by atoms with E-state index in [2.05, 4.69) is 13.0 Å². The number of ether oxygens (including phenoxy) is 1. The molecule has 0 aromatic rings. The quantitative estimate of drug-likeness (QED) is 0.600. The molecule has 2 aliphatic rings. The molecule has 1 aliphatic heterocycles. The first-order chi connectivity index (χ1) is 8.31. The minimum absolute atomic E-state index is 0.587. The van der Waals surface area contributed by atoms with Gasteiger partial charge >= 0.3 is 7.12 Å². The zero-order chi connectivity index (χ0) is 12.1. The van der Waals surface area contributed by atoms with Crippen molar-refractivity contribution in [1.82, 2.24) is 0 Å². The van der Waals surface area contributed by atoms with Crippen LogP contribution in [0, 0.1) is 5.92 Å². The molecular formula is C13H21BO3. The van der Waals surface area contributed by atoms with Gasteiger partial charge in [-0.3, -0.25) is 0 Å². The van der Waals surface area contributed by atoms with Crippen LogP contribution in [0.2, 0.25) is 0 Å². The van der Waals surface area contributed by atoms with Gasteiger partial charge in [0, 0.05) is 13.2 Å². The highest BCUT2D eigenvalue weighted by Crippen LogP contribution is 2.28. The van der Waals surface area contributed by atoms with Gasteiger partial charge in [-0.25, -0.2) is 0 Å². The average molecular weight is 236 g/mol. The summed E-state index contributed by atoms with van der Waals surface area (Å²) in [5.74, 6) is 0.601. The van der Waals surface area contributed by atoms with Crippen LogP contribution in [0.4, 0.5) is 0 Å². The zero-order valence-electron chi connectivity index (χ0n) is 10.5. The third-order valence-corrected chi connectivity index (χ3v) is 3.41. The van der Waals surface area contributed by atoms with Crippen molar-refractivity contribution in [3.8, 4) is 0 Å². The van der Waals surface area contributed by atoms with Gasteiger partial charge < -0.3 is 14.4 Å². The first-order valence-electron chi connectivity index (χ1n) is 6.57. The second-order valence-electron chi connectivity index (χ2n) is 4.84. The van der Waals surface area contributed by atoms with E-state index in [0.29, 0.717) is 12.5 Å². The molecular weight excluding hydrogens is 215 g/mol. The summed E-state index contributed by atoms with van der Waals surface area (Å²) in [6.45, 7) is 4.43. The van der Waals surface area contributed by atoms with Crippen molar-refractivity contribution in [3.63, 3.8) is 0 Å². The van der Waals surface area contributed by atoms with Gasteiger partial charge in [-0.05, 0) is 42.6 Å². The smallest absolute Gasteiger partial charge is 0.423 e. The van der Waals surface area contributed by atoms with Crippen LogP contribution in [0.15, 0.2) is 23.2 Å². The van der Waals surface area contributed by atoms with Crippen LogP contribution in [0.25, 0.3) is 0 Å². The summed E-state index contributed by atoms with van der Waals surface area (Å²) in [4.78, 5) is 0. The Morgan fingerprint density at radius 3 is 3.29 bits per heavy atom. The molecule has 0 amide bonds. The summed E-state index contributed by atoms with van der Waals surface area (Å²) in [6.07, 6.45) is 8.44. The SMILES string of the molecule is CCCOCC1C/C=C\C2=C(CC1)COB2O.